The zero-order valence-electron chi connectivity index (χ0n) is 20.2. The Balaban J connectivity index is 1.44. The minimum atomic E-state index is -0.340. The number of ketones is 1. The molecular formula is C27H28N2O7. The summed E-state index contributed by atoms with van der Waals surface area (Å²) in [5, 5.41) is 2.76. The first-order valence-corrected chi connectivity index (χ1v) is 11.6. The van der Waals surface area contributed by atoms with E-state index in [1.165, 1.54) is 4.90 Å². The summed E-state index contributed by atoms with van der Waals surface area (Å²) >= 11 is 0. The maximum absolute atomic E-state index is 12.8. The van der Waals surface area contributed by atoms with E-state index in [9.17, 15) is 14.4 Å². The average Bonchev–Trinajstić information content (AvgIpc) is 3.35. The number of furan rings is 1. The summed E-state index contributed by atoms with van der Waals surface area (Å²) in [7, 11) is 1.60. The Labute approximate surface area is 208 Å². The molecule has 9 heteroatoms. The molecule has 1 aliphatic heterocycles. The molecule has 1 N–H and O–H groups in total. The first-order valence-electron chi connectivity index (χ1n) is 11.6. The lowest BCUT2D eigenvalue weighted by atomic mass is 10.1. The molecule has 3 aromatic rings. The number of amides is 2. The third-order valence-electron chi connectivity index (χ3n) is 5.59. The predicted molar refractivity (Wildman–Crippen MR) is 132 cm³/mol. The van der Waals surface area contributed by atoms with Crippen LogP contribution in [-0.2, 0) is 16.1 Å². The number of hydrogen-bond acceptors (Lipinski definition) is 7. The van der Waals surface area contributed by atoms with Gasteiger partial charge in [-0.05, 0) is 61.4 Å². The quantitative estimate of drug-likeness (QED) is 0.322. The summed E-state index contributed by atoms with van der Waals surface area (Å²) in [6, 6.07) is 15.6. The Hall–Kier alpha value is -4.11. The first-order chi connectivity index (χ1) is 17.4. The van der Waals surface area contributed by atoms with Gasteiger partial charge in [-0.1, -0.05) is 12.1 Å². The van der Waals surface area contributed by atoms with Gasteiger partial charge in [0.2, 0.25) is 0 Å². The molecular weight excluding hydrogens is 464 g/mol. The number of nitrogens with zero attached hydrogens (tertiary/aromatic N) is 1. The molecule has 0 saturated heterocycles. The monoisotopic (exact) mass is 492 g/mol. The fourth-order valence-corrected chi connectivity index (χ4v) is 3.73. The van der Waals surface area contributed by atoms with Crippen molar-refractivity contribution in [2.45, 2.75) is 19.9 Å². The summed E-state index contributed by atoms with van der Waals surface area (Å²) in [6.45, 7) is 2.76. The molecule has 36 heavy (non-hydrogen) atoms. The molecule has 0 bridgehead atoms. The lowest BCUT2D eigenvalue weighted by molar-refractivity contribution is -0.121. The van der Waals surface area contributed by atoms with Gasteiger partial charge >= 0.3 is 0 Å². The number of rotatable bonds is 11. The van der Waals surface area contributed by atoms with Crippen LogP contribution in [0.4, 0.5) is 5.69 Å². The largest absolute Gasteiger partial charge is 0.485 e. The molecule has 0 aliphatic carbocycles. The molecule has 2 heterocycles. The van der Waals surface area contributed by atoms with E-state index in [4.69, 9.17) is 18.6 Å². The molecule has 2 aromatic carbocycles. The molecule has 0 atom stereocenters. The molecule has 0 fully saturated rings. The maximum atomic E-state index is 12.8. The standard InChI is InChI=1S/C27H28N2O7/c1-18-5-3-6-20(13-18)34-16-23(30)19-7-9-24-22(14-19)29(26(31)17-35-24)15-21-8-10-25(36-21)27(32)28-11-4-12-33-2/h3,5-10,13-14H,4,11-12,15-17H2,1-2H3,(H,28,32). The highest BCUT2D eigenvalue weighted by molar-refractivity contribution is 6.02. The average molecular weight is 493 g/mol. The van der Waals surface area contributed by atoms with Crippen molar-refractivity contribution < 1.29 is 33.0 Å². The van der Waals surface area contributed by atoms with Gasteiger partial charge in [0.15, 0.2) is 24.8 Å². The van der Waals surface area contributed by atoms with Gasteiger partial charge < -0.3 is 23.9 Å². The zero-order chi connectivity index (χ0) is 25.5. The Kier molecular flexibility index (Phi) is 8.02. The molecule has 1 aliphatic rings. The van der Waals surface area contributed by atoms with E-state index < -0.39 is 0 Å². The SMILES string of the molecule is COCCCNC(=O)c1ccc(CN2C(=O)COc3ccc(C(=O)COc4cccc(C)c4)cc32)o1. The number of ether oxygens (including phenoxy) is 3. The maximum Gasteiger partial charge on any atom is 0.286 e. The molecule has 0 unspecified atom stereocenters. The van der Waals surface area contributed by atoms with Gasteiger partial charge in [0, 0.05) is 25.8 Å². The third-order valence-corrected chi connectivity index (χ3v) is 5.59. The number of methoxy groups -OCH3 is 1. The second kappa shape index (κ2) is 11.5. The van der Waals surface area contributed by atoms with Crippen LogP contribution in [0.1, 0.15) is 38.7 Å². The van der Waals surface area contributed by atoms with Crippen molar-refractivity contribution >= 4 is 23.3 Å². The second-order valence-corrected chi connectivity index (χ2v) is 8.35. The summed E-state index contributed by atoms with van der Waals surface area (Å²) < 4.78 is 21.8. The van der Waals surface area contributed by atoms with E-state index in [2.05, 4.69) is 5.32 Å². The number of nitrogens with one attached hydrogen (secondary N) is 1. The van der Waals surface area contributed by atoms with E-state index in [-0.39, 0.29) is 43.1 Å². The molecule has 0 spiro atoms. The number of Topliss-reactive ketones (excluding diaryl/α,β-unsaturated/α-hetero) is 1. The van der Waals surface area contributed by atoms with Gasteiger partial charge in [0.25, 0.3) is 11.8 Å². The summed E-state index contributed by atoms with van der Waals surface area (Å²) in [5.41, 5.74) is 1.87. The van der Waals surface area contributed by atoms with Crippen molar-refractivity contribution in [2.75, 3.05) is 38.4 Å². The topological polar surface area (TPSA) is 107 Å². The van der Waals surface area contributed by atoms with Crippen LogP contribution in [0, 0.1) is 6.92 Å². The minimum absolute atomic E-state index is 0.0869. The van der Waals surface area contributed by atoms with Crippen LogP contribution in [0.3, 0.4) is 0 Å². The number of aryl methyl sites for hydroxylation is 1. The van der Waals surface area contributed by atoms with Gasteiger partial charge in [0.05, 0.1) is 12.2 Å². The Morgan fingerprint density at radius 3 is 2.78 bits per heavy atom. The van der Waals surface area contributed by atoms with Crippen molar-refractivity contribution in [1.29, 1.82) is 0 Å². The van der Waals surface area contributed by atoms with Gasteiger partial charge in [-0.25, -0.2) is 0 Å². The van der Waals surface area contributed by atoms with Crippen molar-refractivity contribution in [3.8, 4) is 11.5 Å². The van der Waals surface area contributed by atoms with Crippen LogP contribution >= 0.6 is 0 Å². The Morgan fingerprint density at radius 1 is 1.11 bits per heavy atom. The number of fused-ring (bicyclic) bond motifs is 1. The first kappa shape index (κ1) is 25.0. The normalized spacial score (nSPS) is 12.6. The van der Waals surface area contributed by atoms with Gasteiger partial charge in [-0.3, -0.25) is 19.3 Å². The van der Waals surface area contributed by atoms with E-state index in [1.807, 2.05) is 25.1 Å². The molecule has 4 rings (SSSR count). The minimum Gasteiger partial charge on any atom is -0.485 e. The van der Waals surface area contributed by atoms with Crippen molar-refractivity contribution in [1.82, 2.24) is 5.32 Å². The van der Waals surface area contributed by atoms with Crippen molar-refractivity contribution in [3.05, 3.63) is 77.2 Å². The van der Waals surface area contributed by atoms with Crippen LogP contribution in [0.5, 0.6) is 11.5 Å². The van der Waals surface area contributed by atoms with Crippen LogP contribution < -0.4 is 19.7 Å². The number of carbonyl (C=O) groups excluding carboxylic acids is 3. The predicted octanol–water partition coefficient (Wildman–Crippen LogP) is 3.54. The van der Waals surface area contributed by atoms with Crippen LogP contribution in [0.25, 0.3) is 0 Å². The molecule has 188 valence electrons. The Bertz CT molecular complexity index is 1250. The lowest BCUT2D eigenvalue weighted by Crippen LogP contribution is -2.38. The van der Waals surface area contributed by atoms with E-state index >= 15 is 0 Å². The summed E-state index contributed by atoms with van der Waals surface area (Å²) in [6.07, 6.45) is 0.686. The van der Waals surface area contributed by atoms with Gasteiger partial charge in [-0.2, -0.15) is 0 Å². The molecule has 2 amide bonds. The van der Waals surface area contributed by atoms with Crippen molar-refractivity contribution in [3.63, 3.8) is 0 Å². The zero-order valence-corrected chi connectivity index (χ0v) is 20.2. The molecule has 9 nitrogen and oxygen atoms in total. The third kappa shape index (κ3) is 6.11. The second-order valence-electron chi connectivity index (χ2n) is 8.35. The number of hydrogen-bond donors (Lipinski definition) is 1. The van der Waals surface area contributed by atoms with E-state index in [0.717, 1.165) is 5.56 Å². The molecule has 0 radical (unpaired) electrons. The van der Waals surface area contributed by atoms with Crippen LogP contribution in [0.2, 0.25) is 0 Å². The van der Waals surface area contributed by atoms with E-state index in [0.29, 0.717) is 48.1 Å². The molecule has 1 aromatic heterocycles. The van der Waals surface area contributed by atoms with Crippen LogP contribution in [-0.4, -0.2) is 51.1 Å². The number of anilines is 1. The lowest BCUT2D eigenvalue weighted by Gasteiger charge is -2.29. The fourth-order valence-electron chi connectivity index (χ4n) is 3.73. The molecule has 0 saturated carbocycles. The highest BCUT2D eigenvalue weighted by Gasteiger charge is 2.28. The Morgan fingerprint density at radius 2 is 1.97 bits per heavy atom. The van der Waals surface area contributed by atoms with E-state index in [1.54, 1.807) is 43.5 Å². The van der Waals surface area contributed by atoms with Gasteiger partial charge in [0.1, 0.15) is 17.3 Å². The highest BCUT2D eigenvalue weighted by Crippen LogP contribution is 2.34. The van der Waals surface area contributed by atoms with Crippen LogP contribution in [0.15, 0.2) is 59.0 Å². The highest BCUT2D eigenvalue weighted by atomic mass is 16.5. The summed E-state index contributed by atoms with van der Waals surface area (Å²) in [5.74, 6) is 0.810. The smallest absolute Gasteiger partial charge is 0.286 e. The van der Waals surface area contributed by atoms with Crippen molar-refractivity contribution in [2.24, 2.45) is 0 Å². The van der Waals surface area contributed by atoms with Gasteiger partial charge in [-0.15, -0.1) is 0 Å². The summed E-state index contributed by atoms with van der Waals surface area (Å²) in [4.78, 5) is 39.3. The number of carbonyl (C=O) groups is 3. The fraction of sp³-hybridized carbons (Fsp3) is 0.296. The number of benzene rings is 2.